The Hall–Kier alpha value is -0.700. The number of aryl methyl sites for hydroxylation is 1. The van der Waals surface area contributed by atoms with Gasteiger partial charge in [0.25, 0.3) is 0 Å². The first-order valence-corrected chi connectivity index (χ1v) is 4.86. The Morgan fingerprint density at radius 3 is 2.77 bits per heavy atom. The molecule has 1 aromatic rings. The number of anilines is 1. The molecule has 0 atom stereocenters. The lowest BCUT2D eigenvalue weighted by molar-refractivity contribution is 0.448. The molecule has 4 heteroatoms. The fourth-order valence-electron chi connectivity index (χ4n) is 0.902. The summed E-state index contributed by atoms with van der Waals surface area (Å²) >= 11 is 5.81. The van der Waals surface area contributed by atoms with Gasteiger partial charge in [0.05, 0.1) is 0 Å². The quantitative estimate of drug-likeness (QED) is 0.757. The van der Waals surface area contributed by atoms with E-state index in [-0.39, 0.29) is 5.41 Å². The second-order valence-corrected chi connectivity index (χ2v) is 4.28. The van der Waals surface area contributed by atoms with Gasteiger partial charge in [0.2, 0.25) is 5.95 Å². The first-order chi connectivity index (χ1) is 6.05. The number of rotatable bonds is 4. The SMILES string of the molecule is Cn1ccnc1NCC(C)(C)CCl. The van der Waals surface area contributed by atoms with Crippen LogP contribution in [-0.2, 0) is 7.05 Å². The Morgan fingerprint density at radius 2 is 2.31 bits per heavy atom. The molecule has 0 saturated carbocycles. The van der Waals surface area contributed by atoms with Gasteiger partial charge in [-0.05, 0) is 5.41 Å². The van der Waals surface area contributed by atoms with E-state index in [2.05, 4.69) is 24.1 Å². The van der Waals surface area contributed by atoms with Crippen molar-refractivity contribution in [3.63, 3.8) is 0 Å². The molecule has 1 rings (SSSR count). The van der Waals surface area contributed by atoms with Gasteiger partial charge in [0.15, 0.2) is 0 Å². The van der Waals surface area contributed by atoms with E-state index in [1.807, 2.05) is 17.8 Å². The number of nitrogens with zero attached hydrogens (tertiary/aromatic N) is 2. The summed E-state index contributed by atoms with van der Waals surface area (Å²) in [6, 6.07) is 0. The molecule has 1 N–H and O–H groups in total. The highest BCUT2D eigenvalue weighted by Gasteiger charge is 2.16. The highest BCUT2D eigenvalue weighted by Crippen LogP contribution is 2.17. The lowest BCUT2D eigenvalue weighted by atomic mass is 9.97. The Bertz CT molecular complexity index is 268. The van der Waals surface area contributed by atoms with Crippen molar-refractivity contribution in [2.45, 2.75) is 13.8 Å². The number of imidazole rings is 1. The minimum absolute atomic E-state index is 0.105. The summed E-state index contributed by atoms with van der Waals surface area (Å²) < 4.78 is 1.95. The summed E-state index contributed by atoms with van der Waals surface area (Å²) in [7, 11) is 1.96. The molecule has 1 aromatic heterocycles. The van der Waals surface area contributed by atoms with Crippen LogP contribution in [0.3, 0.4) is 0 Å². The Balaban J connectivity index is 2.48. The number of nitrogens with one attached hydrogen (secondary N) is 1. The van der Waals surface area contributed by atoms with E-state index in [1.54, 1.807) is 6.20 Å². The molecule has 0 unspecified atom stereocenters. The number of hydrogen-bond acceptors (Lipinski definition) is 2. The Labute approximate surface area is 84.1 Å². The summed E-state index contributed by atoms with van der Waals surface area (Å²) in [5, 5.41) is 3.25. The standard InChI is InChI=1S/C9H16ClN3/c1-9(2,6-10)7-12-8-11-4-5-13(8)3/h4-5H,6-7H2,1-3H3,(H,11,12). The molecule has 13 heavy (non-hydrogen) atoms. The zero-order chi connectivity index (χ0) is 9.90. The predicted octanol–water partition coefficient (Wildman–Crippen LogP) is 2.10. The Kier molecular flexibility index (Phi) is 3.20. The third kappa shape index (κ3) is 2.92. The first-order valence-electron chi connectivity index (χ1n) is 4.32. The molecule has 74 valence electrons. The maximum atomic E-state index is 5.81. The third-order valence-corrected chi connectivity index (χ3v) is 2.63. The molecular formula is C9H16ClN3. The van der Waals surface area contributed by atoms with E-state index < -0.39 is 0 Å². The van der Waals surface area contributed by atoms with Gasteiger partial charge in [-0.1, -0.05) is 13.8 Å². The maximum Gasteiger partial charge on any atom is 0.202 e. The van der Waals surface area contributed by atoms with Crippen LogP contribution in [0.25, 0.3) is 0 Å². The zero-order valence-corrected chi connectivity index (χ0v) is 9.10. The molecule has 0 saturated heterocycles. The summed E-state index contributed by atoms with van der Waals surface area (Å²) in [6.45, 7) is 5.08. The minimum atomic E-state index is 0.105. The summed E-state index contributed by atoms with van der Waals surface area (Å²) in [5.74, 6) is 1.53. The minimum Gasteiger partial charge on any atom is -0.355 e. The molecule has 0 aliphatic carbocycles. The van der Waals surface area contributed by atoms with Crippen LogP contribution in [-0.4, -0.2) is 22.0 Å². The molecule has 0 aliphatic heterocycles. The molecule has 0 amide bonds. The van der Waals surface area contributed by atoms with E-state index in [0.717, 1.165) is 12.5 Å². The maximum absolute atomic E-state index is 5.81. The van der Waals surface area contributed by atoms with Crippen molar-refractivity contribution in [1.29, 1.82) is 0 Å². The van der Waals surface area contributed by atoms with Crippen LogP contribution in [0.5, 0.6) is 0 Å². The van der Waals surface area contributed by atoms with Crippen LogP contribution in [0.4, 0.5) is 5.95 Å². The van der Waals surface area contributed by atoms with Crippen LogP contribution < -0.4 is 5.32 Å². The van der Waals surface area contributed by atoms with Gasteiger partial charge < -0.3 is 9.88 Å². The smallest absolute Gasteiger partial charge is 0.202 e. The molecule has 1 heterocycles. The van der Waals surface area contributed by atoms with Crippen molar-refractivity contribution in [2.75, 3.05) is 17.7 Å². The fourth-order valence-corrected chi connectivity index (χ4v) is 0.996. The molecule has 0 aliphatic rings. The van der Waals surface area contributed by atoms with E-state index >= 15 is 0 Å². The van der Waals surface area contributed by atoms with Crippen molar-refractivity contribution >= 4 is 17.5 Å². The van der Waals surface area contributed by atoms with E-state index in [9.17, 15) is 0 Å². The fraction of sp³-hybridized carbons (Fsp3) is 0.667. The van der Waals surface area contributed by atoms with Gasteiger partial charge >= 0.3 is 0 Å². The van der Waals surface area contributed by atoms with Crippen molar-refractivity contribution < 1.29 is 0 Å². The van der Waals surface area contributed by atoms with Crippen LogP contribution in [0.1, 0.15) is 13.8 Å². The average molecular weight is 202 g/mol. The van der Waals surface area contributed by atoms with Crippen molar-refractivity contribution in [1.82, 2.24) is 9.55 Å². The molecule has 0 spiro atoms. The Morgan fingerprint density at radius 1 is 1.62 bits per heavy atom. The van der Waals surface area contributed by atoms with E-state index in [0.29, 0.717) is 5.88 Å². The largest absolute Gasteiger partial charge is 0.355 e. The zero-order valence-electron chi connectivity index (χ0n) is 8.34. The molecule has 0 aromatic carbocycles. The lowest BCUT2D eigenvalue weighted by Gasteiger charge is -2.21. The first kappa shape index (κ1) is 10.4. The second kappa shape index (κ2) is 4.01. The highest BCUT2D eigenvalue weighted by molar-refractivity contribution is 6.18. The molecular weight excluding hydrogens is 186 g/mol. The molecule has 0 radical (unpaired) electrons. The molecule has 0 fully saturated rings. The van der Waals surface area contributed by atoms with Crippen molar-refractivity contribution in [2.24, 2.45) is 12.5 Å². The van der Waals surface area contributed by atoms with E-state index in [4.69, 9.17) is 11.6 Å². The van der Waals surface area contributed by atoms with Gasteiger partial charge in [-0.15, -0.1) is 11.6 Å². The lowest BCUT2D eigenvalue weighted by Crippen LogP contribution is -2.25. The number of hydrogen-bond donors (Lipinski definition) is 1. The van der Waals surface area contributed by atoms with Crippen LogP contribution >= 0.6 is 11.6 Å². The van der Waals surface area contributed by atoms with E-state index in [1.165, 1.54) is 0 Å². The van der Waals surface area contributed by atoms with Gasteiger partial charge in [-0.3, -0.25) is 0 Å². The number of aromatic nitrogens is 2. The molecule has 3 nitrogen and oxygen atoms in total. The second-order valence-electron chi connectivity index (χ2n) is 4.01. The average Bonchev–Trinajstić information content (AvgIpc) is 2.48. The van der Waals surface area contributed by atoms with Crippen LogP contribution in [0.2, 0.25) is 0 Å². The number of alkyl halides is 1. The summed E-state index contributed by atoms with van der Waals surface area (Å²) in [6.07, 6.45) is 3.69. The monoisotopic (exact) mass is 201 g/mol. The van der Waals surface area contributed by atoms with Crippen LogP contribution in [0, 0.1) is 5.41 Å². The third-order valence-electron chi connectivity index (χ3n) is 1.91. The van der Waals surface area contributed by atoms with Crippen LogP contribution in [0.15, 0.2) is 12.4 Å². The van der Waals surface area contributed by atoms with Gasteiger partial charge in [0, 0.05) is 31.9 Å². The topological polar surface area (TPSA) is 29.9 Å². The van der Waals surface area contributed by atoms with Crippen molar-refractivity contribution in [3.8, 4) is 0 Å². The van der Waals surface area contributed by atoms with Gasteiger partial charge in [-0.2, -0.15) is 0 Å². The summed E-state index contributed by atoms with van der Waals surface area (Å²) in [4.78, 5) is 4.16. The summed E-state index contributed by atoms with van der Waals surface area (Å²) in [5.41, 5.74) is 0.105. The van der Waals surface area contributed by atoms with Gasteiger partial charge in [0.1, 0.15) is 0 Å². The van der Waals surface area contributed by atoms with Crippen molar-refractivity contribution in [3.05, 3.63) is 12.4 Å². The number of halogens is 1. The normalized spacial score (nSPS) is 11.7. The van der Waals surface area contributed by atoms with Gasteiger partial charge in [-0.25, -0.2) is 4.98 Å². The highest BCUT2D eigenvalue weighted by atomic mass is 35.5. The molecule has 0 bridgehead atoms. The predicted molar refractivity (Wildman–Crippen MR) is 56.2 cm³/mol.